The van der Waals surface area contributed by atoms with Crippen LogP contribution in [0.2, 0.25) is 0 Å². The van der Waals surface area contributed by atoms with Crippen molar-refractivity contribution < 1.29 is 22.0 Å². The average Bonchev–Trinajstić information content (AvgIpc) is 3.26. The number of hydrogen-bond donors (Lipinski definition) is 1. The second kappa shape index (κ2) is 9.59. The molecule has 8 nitrogen and oxygen atoms in total. The molecule has 1 aliphatic heterocycles. The molecule has 1 aromatic heterocycles. The molecule has 192 valence electrons. The third kappa shape index (κ3) is 5.26. The standard InChI is InChI=1S/C24H33F2N5O3S/c1-18-5-4-6-19(2)21(18)22(32)27-16-23(7-9-24(25,26)10-8-23)30-11-13-31(14-12-30)35(33,34)20-15-29(3)17-28-20/h4-6,15,17H,7-14,16H2,1-3H3,(H,27,32). The number of amides is 1. The molecular weight excluding hydrogens is 476 g/mol. The SMILES string of the molecule is Cc1cccc(C)c1C(=O)NCC1(N2CCN(S(=O)(=O)c3cn(C)cn3)CC2)CCC(F)(F)CC1. The van der Waals surface area contributed by atoms with Crippen molar-refractivity contribution in [3.05, 3.63) is 47.4 Å². The van der Waals surface area contributed by atoms with Crippen LogP contribution in [0.5, 0.6) is 0 Å². The van der Waals surface area contributed by atoms with E-state index in [4.69, 9.17) is 0 Å². The molecule has 2 aliphatic rings. The first-order valence-electron chi connectivity index (χ1n) is 11.9. The monoisotopic (exact) mass is 509 g/mol. The van der Waals surface area contributed by atoms with Crippen LogP contribution in [0.1, 0.15) is 47.2 Å². The zero-order valence-electron chi connectivity index (χ0n) is 20.4. The van der Waals surface area contributed by atoms with Gasteiger partial charge in [-0.1, -0.05) is 18.2 Å². The van der Waals surface area contributed by atoms with Crippen molar-refractivity contribution in [2.24, 2.45) is 7.05 Å². The number of alkyl halides is 2. The Kier molecular flexibility index (Phi) is 7.05. The lowest BCUT2D eigenvalue weighted by Gasteiger charge is -2.50. The summed E-state index contributed by atoms with van der Waals surface area (Å²) in [6, 6.07) is 5.64. The number of nitrogens with one attached hydrogen (secondary N) is 1. The fourth-order valence-electron chi connectivity index (χ4n) is 5.25. The summed E-state index contributed by atoms with van der Waals surface area (Å²) < 4.78 is 57.1. The third-order valence-electron chi connectivity index (χ3n) is 7.39. The van der Waals surface area contributed by atoms with Crippen molar-refractivity contribution >= 4 is 15.9 Å². The van der Waals surface area contributed by atoms with Crippen LogP contribution in [0.25, 0.3) is 0 Å². The van der Waals surface area contributed by atoms with Gasteiger partial charge in [-0.2, -0.15) is 4.31 Å². The number of halogens is 2. The number of rotatable bonds is 6. The summed E-state index contributed by atoms with van der Waals surface area (Å²) in [6.45, 7) is 5.26. The maximum absolute atomic E-state index is 14.1. The van der Waals surface area contributed by atoms with Crippen LogP contribution in [0.15, 0.2) is 35.7 Å². The van der Waals surface area contributed by atoms with Gasteiger partial charge in [0.2, 0.25) is 5.92 Å². The Bertz CT molecular complexity index is 1160. The topological polar surface area (TPSA) is 87.5 Å². The van der Waals surface area contributed by atoms with Crippen molar-refractivity contribution in [1.82, 2.24) is 24.1 Å². The van der Waals surface area contributed by atoms with Crippen LogP contribution in [0, 0.1) is 13.8 Å². The predicted octanol–water partition coefficient (Wildman–Crippen LogP) is 2.72. The molecule has 1 N–H and O–H groups in total. The zero-order chi connectivity index (χ0) is 25.4. The summed E-state index contributed by atoms with van der Waals surface area (Å²) in [5, 5.41) is 3.02. The fourth-order valence-corrected chi connectivity index (χ4v) is 6.64. The molecular formula is C24H33F2N5O3S. The van der Waals surface area contributed by atoms with Gasteiger partial charge in [0.1, 0.15) is 0 Å². The molecule has 0 unspecified atom stereocenters. The van der Waals surface area contributed by atoms with E-state index in [-0.39, 0.29) is 56.3 Å². The molecule has 0 atom stereocenters. The molecule has 2 aromatic rings. The molecule has 1 saturated carbocycles. The number of sulfonamides is 1. The second-order valence-corrected chi connectivity index (χ2v) is 11.7. The van der Waals surface area contributed by atoms with Gasteiger partial charge in [-0.25, -0.2) is 22.2 Å². The van der Waals surface area contributed by atoms with Crippen LogP contribution < -0.4 is 5.32 Å². The highest BCUT2D eigenvalue weighted by Gasteiger charge is 2.48. The Morgan fingerprint density at radius 1 is 1.06 bits per heavy atom. The number of imidazole rings is 1. The highest BCUT2D eigenvalue weighted by atomic mass is 32.2. The zero-order valence-corrected chi connectivity index (χ0v) is 21.2. The third-order valence-corrected chi connectivity index (χ3v) is 9.18. The number of benzene rings is 1. The van der Waals surface area contributed by atoms with E-state index in [0.717, 1.165) is 11.1 Å². The van der Waals surface area contributed by atoms with E-state index in [1.807, 2.05) is 32.0 Å². The van der Waals surface area contributed by atoms with Crippen molar-refractivity contribution in [2.45, 2.75) is 56.0 Å². The number of aromatic nitrogens is 2. The van der Waals surface area contributed by atoms with Crippen LogP contribution in [0.4, 0.5) is 8.78 Å². The smallest absolute Gasteiger partial charge is 0.262 e. The first-order chi connectivity index (χ1) is 16.4. The molecule has 1 saturated heterocycles. The number of carbonyl (C=O) groups is 1. The normalized spacial score (nSPS) is 21.1. The first-order valence-corrected chi connectivity index (χ1v) is 13.3. The van der Waals surface area contributed by atoms with Crippen LogP contribution >= 0.6 is 0 Å². The van der Waals surface area contributed by atoms with Crippen LogP contribution in [-0.2, 0) is 17.1 Å². The molecule has 2 heterocycles. The molecule has 2 fully saturated rings. The lowest BCUT2D eigenvalue weighted by molar-refractivity contribution is -0.0856. The Morgan fingerprint density at radius 3 is 2.20 bits per heavy atom. The van der Waals surface area contributed by atoms with Gasteiger partial charge in [0, 0.05) is 69.9 Å². The Balaban J connectivity index is 1.49. The molecule has 11 heteroatoms. The van der Waals surface area contributed by atoms with Crippen LogP contribution in [-0.4, -0.2) is 77.3 Å². The van der Waals surface area contributed by atoms with Crippen molar-refractivity contribution in [3.8, 4) is 0 Å². The molecule has 0 bridgehead atoms. The van der Waals surface area contributed by atoms with E-state index >= 15 is 0 Å². The van der Waals surface area contributed by atoms with E-state index < -0.39 is 21.5 Å². The largest absolute Gasteiger partial charge is 0.350 e. The van der Waals surface area contributed by atoms with E-state index in [1.54, 1.807) is 11.6 Å². The van der Waals surface area contributed by atoms with Crippen LogP contribution in [0.3, 0.4) is 0 Å². The Morgan fingerprint density at radius 2 is 1.66 bits per heavy atom. The van der Waals surface area contributed by atoms with Gasteiger partial charge < -0.3 is 9.88 Å². The number of piperazine rings is 1. The van der Waals surface area contributed by atoms with Crippen molar-refractivity contribution in [1.29, 1.82) is 0 Å². The lowest BCUT2D eigenvalue weighted by Crippen LogP contribution is -2.63. The average molecular weight is 510 g/mol. The summed E-state index contributed by atoms with van der Waals surface area (Å²) >= 11 is 0. The van der Waals surface area contributed by atoms with Gasteiger partial charge in [0.05, 0.1) is 6.33 Å². The van der Waals surface area contributed by atoms with Gasteiger partial charge in [-0.05, 0) is 37.8 Å². The Labute approximate surface area is 205 Å². The fraction of sp³-hybridized carbons (Fsp3) is 0.583. The van der Waals surface area contributed by atoms with Gasteiger partial charge in [0.15, 0.2) is 5.03 Å². The minimum Gasteiger partial charge on any atom is -0.350 e. The number of nitrogens with zero attached hydrogens (tertiary/aromatic N) is 4. The van der Waals surface area contributed by atoms with Crippen molar-refractivity contribution in [2.75, 3.05) is 32.7 Å². The summed E-state index contributed by atoms with van der Waals surface area (Å²) in [4.78, 5) is 19.1. The van der Waals surface area contributed by atoms with Gasteiger partial charge in [-0.15, -0.1) is 0 Å². The molecule has 1 aliphatic carbocycles. The molecule has 1 amide bonds. The highest BCUT2D eigenvalue weighted by Crippen LogP contribution is 2.42. The molecule has 35 heavy (non-hydrogen) atoms. The maximum atomic E-state index is 14.1. The molecule has 4 rings (SSSR count). The second-order valence-electron chi connectivity index (χ2n) is 9.80. The van der Waals surface area contributed by atoms with E-state index in [2.05, 4.69) is 15.2 Å². The highest BCUT2D eigenvalue weighted by molar-refractivity contribution is 7.89. The predicted molar refractivity (Wildman–Crippen MR) is 128 cm³/mol. The number of aryl methyl sites for hydroxylation is 3. The summed E-state index contributed by atoms with van der Waals surface area (Å²) in [5.74, 6) is -2.93. The quantitative estimate of drug-likeness (QED) is 0.647. The number of hydrogen-bond acceptors (Lipinski definition) is 5. The van der Waals surface area contributed by atoms with Gasteiger partial charge in [-0.3, -0.25) is 9.69 Å². The number of carbonyl (C=O) groups excluding carboxylic acids is 1. The van der Waals surface area contributed by atoms with Gasteiger partial charge in [0.25, 0.3) is 15.9 Å². The van der Waals surface area contributed by atoms with Gasteiger partial charge >= 0.3 is 0 Å². The van der Waals surface area contributed by atoms with E-state index in [9.17, 15) is 22.0 Å². The molecule has 0 radical (unpaired) electrons. The first kappa shape index (κ1) is 25.7. The maximum Gasteiger partial charge on any atom is 0.262 e. The lowest BCUT2D eigenvalue weighted by atomic mass is 9.78. The van der Waals surface area contributed by atoms with E-state index in [0.29, 0.717) is 18.7 Å². The van der Waals surface area contributed by atoms with E-state index in [1.165, 1.54) is 16.8 Å². The van der Waals surface area contributed by atoms with Crippen molar-refractivity contribution in [3.63, 3.8) is 0 Å². The summed E-state index contributed by atoms with van der Waals surface area (Å²) in [7, 11) is -2.01. The molecule has 0 spiro atoms. The molecule has 1 aromatic carbocycles. The Hall–Kier alpha value is -2.37. The minimum absolute atomic E-state index is 0.00124. The minimum atomic E-state index is -3.72. The summed E-state index contributed by atoms with van der Waals surface area (Å²) in [5.41, 5.74) is 1.68. The summed E-state index contributed by atoms with van der Waals surface area (Å²) in [6.07, 6.45) is 2.88.